The van der Waals surface area contributed by atoms with E-state index >= 15 is 0 Å². The zero-order valence-corrected chi connectivity index (χ0v) is 23.4. The van der Waals surface area contributed by atoms with Gasteiger partial charge in [-0.2, -0.15) is 9.49 Å². The average molecular weight is 598 g/mol. The van der Waals surface area contributed by atoms with Crippen LogP contribution in [0.3, 0.4) is 0 Å². The molecule has 0 aliphatic heterocycles. The van der Waals surface area contributed by atoms with Gasteiger partial charge in [-0.15, -0.1) is 0 Å². The fraction of sp³-hybridized carbons (Fsp3) is 1.00. The summed E-state index contributed by atoms with van der Waals surface area (Å²) in [6.07, 6.45) is 21.8. The Balaban J connectivity index is -0.000000411. The van der Waals surface area contributed by atoms with Crippen molar-refractivity contribution >= 4 is 25.3 Å². The van der Waals surface area contributed by atoms with Gasteiger partial charge >= 0.3 is 21.1 Å². The first kappa shape index (κ1) is 33.0. The topological polar surface area (TPSA) is 0 Å². The second kappa shape index (κ2) is 22.1. The quantitative estimate of drug-likeness (QED) is 0.129. The maximum atomic E-state index is 5.30. The zero-order chi connectivity index (χ0) is 20.3. The summed E-state index contributed by atoms with van der Waals surface area (Å²) in [6, 6.07) is 0. The maximum absolute atomic E-state index is 5.30. The Hall–Kier alpha value is 1.39. The molecule has 0 spiro atoms. The van der Waals surface area contributed by atoms with E-state index in [1.54, 1.807) is 0 Å². The van der Waals surface area contributed by atoms with Gasteiger partial charge in [0.1, 0.15) is 0 Å². The van der Waals surface area contributed by atoms with Crippen molar-refractivity contribution in [3.63, 3.8) is 0 Å². The Morgan fingerprint density at radius 3 is 0.889 bits per heavy atom. The molecule has 0 rings (SSSR count). The molecule has 0 aromatic heterocycles. The molecule has 168 valence electrons. The molecule has 3 heteroatoms. The molecule has 0 aromatic carbocycles. The van der Waals surface area contributed by atoms with E-state index in [2.05, 4.69) is 41.5 Å². The Labute approximate surface area is 199 Å². The first-order chi connectivity index (χ1) is 12.1. The molecular formula is C24H50PtS2. The van der Waals surface area contributed by atoms with E-state index in [0.29, 0.717) is 0 Å². The molecule has 0 aliphatic rings. The van der Waals surface area contributed by atoms with E-state index < -0.39 is 0 Å². The van der Waals surface area contributed by atoms with Crippen LogP contribution >= 0.6 is 0 Å². The summed E-state index contributed by atoms with van der Waals surface area (Å²) < 4.78 is 0.257. The van der Waals surface area contributed by atoms with Gasteiger partial charge in [0.15, 0.2) is 0 Å². The van der Waals surface area contributed by atoms with Crippen molar-refractivity contribution in [1.29, 1.82) is 0 Å². The van der Waals surface area contributed by atoms with Crippen LogP contribution in [0.15, 0.2) is 0 Å². The first-order valence-corrected chi connectivity index (χ1v) is 12.3. The van der Waals surface area contributed by atoms with Crippen molar-refractivity contribution in [3.05, 3.63) is 0 Å². The zero-order valence-electron chi connectivity index (χ0n) is 19.4. The van der Waals surface area contributed by atoms with Crippen molar-refractivity contribution in [1.82, 2.24) is 0 Å². The van der Waals surface area contributed by atoms with E-state index in [-0.39, 0.29) is 30.6 Å². The Kier molecular flexibility index (Phi) is 27.0. The van der Waals surface area contributed by atoms with Crippen LogP contribution < -0.4 is 0 Å². The Bertz CT molecular complexity index is 239. The molecular weight excluding hydrogens is 547 g/mol. The van der Waals surface area contributed by atoms with Crippen LogP contribution in [0.4, 0.5) is 0 Å². The molecule has 0 aromatic rings. The van der Waals surface area contributed by atoms with Gasteiger partial charge in [0.25, 0.3) is 0 Å². The van der Waals surface area contributed by atoms with Crippen molar-refractivity contribution < 1.29 is 21.1 Å². The molecule has 0 unspecified atom stereocenters. The van der Waals surface area contributed by atoms with Gasteiger partial charge in [-0.25, -0.2) is 0 Å². The van der Waals surface area contributed by atoms with Crippen LogP contribution in [-0.4, -0.2) is 9.49 Å². The minimum Gasteiger partial charge on any atom is -0.786 e. The normalized spacial score (nSPS) is 11.6. The predicted molar refractivity (Wildman–Crippen MR) is 128 cm³/mol. The van der Waals surface area contributed by atoms with Crippen LogP contribution in [0, 0.1) is 0 Å². The molecule has 0 nitrogen and oxygen atoms in total. The van der Waals surface area contributed by atoms with Gasteiger partial charge in [0.05, 0.1) is 0 Å². The Morgan fingerprint density at radius 1 is 0.444 bits per heavy atom. The molecule has 0 atom stereocenters. The monoisotopic (exact) mass is 597 g/mol. The predicted octanol–water partition coefficient (Wildman–Crippen LogP) is 8.90. The van der Waals surface area contributed by atoms with E-state index in [1.165, 1.54) is 103 Å². The molecule has 0 fully saturated rings. The molecule has 0 amide bonds. The largest absolute Gasteiger partial charge is 2.00 e. The van der Waals surface area contributed by atoms with Crippen LogP contribution in [-0.2, 0) is 46.3 Å². The van der Waals surface area contributed by atoms with E-state index in [0.717, 1.165) is 0 Å². The minimum atomic E-state index is 0. The summed E-state index contributed by atoms with van der Waals surface area (Å²) in [5, 5.41) is 0. The molecule has 0 bridgehead atoms. The summed E-state index contributed by atoms with van der Waals surface area (Å²) in [6.45, 7) is 13.1. The fourth-order valence-electron chi connectivity index (χ4n) is 3.02. The summed E-state index contributed by atoms with van der Waals surface area (Å²) in [5.41, 5.74) is 0. The molecule has 0 saturated heterocycles. The van der Waals surface area contributed by atoms with Crippen molar-refractivity contribution in [2.75, 3.05) is 0 Å². The maximum Gasteiger partial charge on any atom is 2.00 e. The van der Waals surface area contributed by atoms with Crippen molar-refractivity contribution in [3.8, 4) is 0 Å². The van der Waals surface area contributed by atoms with E-state index in [1.807, 2.05) is 0 Å². The summed E-state index contributed by atoms with van der Waals surface area (Å²) >= 11 is 10.6. The number of hydrogen-bond donors (Lipinski definition) is 0. The van der Waals surface area contributed by atoms with E-state index in [9.17, 15) is 0 Å². The van der Waals surface area contributed by atoms with Crippen LogP contribution in [0.2, 0.25) is 0 Å². The Morgan fingerprint density at radius 2 is 0.667 bits per heavy atom. The van der Waals surface area contributed by atoms with Crippen molar-refractivity contribution in [2.45, 2.75) is 154 Å². The molecule has 27 heavy (non-hydrogen) atoms. The summed E-state index contributed by atoms with van der Waals surface area (Å²) in [7, 11) is 0. The third-order valence-corrected chi connectivity index (χ3v) is 5.17. The second-order valence-electron chi connectivity index (χ2n) is 9.26. The van der Waals surface area contributed by atoms with E-state index in [4.69, 9.17) is 25.3 Å². The number of unbranched alkanes of at least 4 members (excludes halogenated alkanes) is 12. The SMILES string of the molecule is CCCCCCCCCC(C)(C)[S-].CCCCCCCCCC(C)(C)[S-].[Pt+2]. The average Bonchev–Trinajstić information content (AvgIpc) is 2.52. The number of rotatable bonds is 16. The number of hydrogen-bond acceptors (Lipinski definition) is 2. The third kappa shape index (κ3) is 38.6. The van der Waals surface area contributed by atoms with Crippen molar-refractivity contribution in [2.24, 2.45) is 0 Å². The summed E-state index contributed by atoms with van der Waals surface area (Å²) in [5.74, 6) is 0. The van der Waals surface area contributed by atoms with Gasteiger partial charge in [0, 0.05) is 0 Å². The standard InChI is InChI=1S/2C12H26S.Pt/c2*1-4-5-6-7-8-9-10-11-12(2,3)13;/h2*13H,4-11H2,1-3H3;/q;;+2/p-2. The minimum absolute atomic E-state index is 0. The summed E-state index contributed by atoms with van der Waals surface area (Å²) in [4.78, 5) is 0. The van der Waals surface area contributed by atoms with Crippen LogP contribution in [0.1, 0.15) is 144 Å². The first-order valence-electron chi connectivity index (χ1n) is 11.5. The van der Waals surface area contributed by atoms with Crippen LogP contribution in [0.25, 0.3) is 0 Å². The molecule has 0 radical (unpaired) electrons. The van der Waals surface area contributed by atoms with Gasteiger partial charge < -0.3 is 25.3 Å². The van der Waals surface area contributed by atoms with Gasteiger partial charge in [-0.3, -0.25) is 0 Å². The molecule has 0 saturated carbocycles. The van der Waals surface area contributed by atoms with Crippen LogP contribution in [0.5, 0.6) is 0 Å². The fourth-order valence-corrected chi connectivity index (χ4v) is 3.30. The molecule has 0 heterocycles. The van der Waals surface area contributed by atoms with Gasteiger partial charge in [-0.05, 0) is 0 Å². The molecule has 0 aliphatic carbocycles. The third-order valence-electron chi connectivity index (χ3n) is 4.76. The van der Waals surface area contributed by atoms with Gasteiger partial charge in [-0.1, -0.05) is 144 Å². The molecule has 0 N–H and O–H groups in total. The second-order valence-corrected chi connectivity index (χ2v) is 11.5. The van der Waals surface area contributed by atoms with Gasteiger partial charge in [0.2, 0.25) is 0 Å². The smallest absolute Gasteiger partial charge is 0.786 e.